The monoisotopic (exact) mass is 288 g/mol. The van der Waals surface area contributed by atoms with Gasteiger partial charge in [0, 0.05) is 24.0 Å². The minimum atomic E-state index is 0.501. The number of hydrogen-bond donors (Lipinski definition) is 0. The van der Waals surface area contributed by atoms with Crippen LogP contribution in [0.2, 0.25) is 0 Å². The highest BCUT2D eigenvalue weighted by atomic mass is 15.1. The molecule has 0 spiro atoms. The number of hydrogen-bond acceptors (Lipinski definition) is 2. The van der Waals surface area contributed by atoms with Crippen molar-refractivity contribution in [1.82, 2.24) is 9.88 Å². The van der Waals surface area contributed by atoms with Crippen LogP contribution < -0.4 is 0 Å². The normalized spacial score (nSPS) is 18.4. The SMILES string of the molecule is Cc1nc(C(C)C)c(C)c(C)c1CN(C)C1CC(C)(C)C1. The molecule has 1 aromatic heterocycles. The molecule has 0 N–H and O–H groups in total. The number of rotatable bonds is 4. The van der Waals surface area contributed by atoms with Gasteiger partial charge in [0.2, 0.25) is 0 Å². The van der Waals surface area contributed by atoms with E-state index in [2.05, 4.69) is 60.4 Å². The minimum Gasteiger partial charge on any atom is -0.299 e. The molecule has 118 valence electrons. The first-order valence-corrected chi connectivity index (χ1v) is 8.29. The molecule has 0 radical (unpaired) electrons. The van der Waals surface area contributed by atoms with Gasteiger partial charge in [-0.25, -0.2) is 0 Å². The second kappa shape index (κ2) is 5.72. The Morgan fingerprint density at radius 2 is 1.71 bits per heavy atom. The summed E-state index contributed by atoms with van der Waals surface area (Å²) in [5.74, 6) is 0.501. The van der Waals surface area contributed by atoms with Crippen molar-refractivity contribution >= 4 is 0 Å². The molecule has 2 rings (SSSR count). The summed E-state index contributed by atoms with van der Waals surface area (Å²) in [5.41, 5.74) is 7.28. The van der Waals surface area contributed by atoms with Crippen LogP contribution >= 0.6 is 0 Å². The van der Waals surface area contributed by atoms with E-state index in [0.29, 0.717) is 11.3 Å². The quantitative estimate of drug-likeness (QED) is 0.794. The van der Waals surface area contributed by atoms with E-state index in [-0.39, 0.29) is 0 Å². The summed E-state index contributed by atoms with van der Waals surface area (Å²) in [5, 5.41) is 0. The van der Waals surface area contributed by atoms with Gasteiger partial charge in [-0.2, -0.15) is 0 Å². The maximum absolute atomic E-state index is 4.89. The maximum atomic E-state index is 4.89. The molecule has 0 aliphatic heterocycles. The predicted molar refractivity (Wildman–Crippen MR) is 90.8 cm³/mol. The van der Waals surface area contributed by atoms with Gasteiger partial charge < -0.3 is 0 Å². The Morgan fingerprint density at radius 1 is 1.14 bits per heavy atom. The van der Waals surface area contributed by atoms with Gasteiger partial charge >= 0.3 is 0 Å². The van der Waals surface area contributed by atoms with Gasteiger partial charge in [0.25, 0.3) is 0 Å². The number of aryl methyl sites for hydroxylation is 1. The highest BCUT2D eigenvalue weighted by Gasteiger charge is 2.38. The summed E-state index contributed by atoms with van der Waals surface area (Å²) in [7, 11) is 2.27. The summed E-state index contributed by atoms with van der Waals surface area (Å²) in [6.07, 6.45) is 2.64. The Balaban J connectivity index is 2.19. The smallest absolute Gasteiger partial charge is 0.0464 e. The lowest BCUT2D eigenvalue weighted by atomic mass is 9.68. The van der Waals surface area contributed by atoms with E-state index < -0.39 is 0 Å². The third-order valence-corrected chi connectivity index (χ3v) is 5.28. The summed E-state index contributed by atoms with van der Waals surface area (Å²) >= 11 is 0. The molecule has 21 heavy (non-hydrogen) atoms. The van der Waals surface area contributed by atoms with E-state index in [1.807, 2.05) is 0 Å². The maximum Gasteiger partial charge on any atom is 0.0464 e. The fourth-order valence-electron chi connectivity index (χ4n) is 3.72. The van der Waals surface area contributed by atoms with Crippen LogP contribution in [0.3, 0.4) is 0 Å². The van der Waals surface area contributed by atoms with Gasteiger partial charge in [0.05, 0.1) is 0 Å². The molecule has 0 aromatic carbocycles. The van der Waals surface area contributed by atoms with Crippen molar-refractivity contribution < 1.29 is 0 Å². The molecule has 0 bridgehead atoms. The van der Waals surface area contributed by atoms with Crippen molar-refractivity contribution in [3.63, 3.8) is 0 Å². The Kier molecular flexibility index (Phi) is 4.49. The molecule has 1 aromatic rings. The van der Waals surface area contributed by atoms with Gasteiger partial charge in [0.1, 0.15) is 0 Å². The van der Waals surface area contributed by atoms with Crippen LogP contribution in [0.5, 0.6) is 0 Å². The highest BCUT2D eigenvalue weighted by Crippen LogP contribution is 2.42. The van der Waals surface area contributed by atoms with Crippen molar-refractivity contribution in [3.8, 4) is 0 Å². The largest absolute Gasteiger partial charge is 0.299 e. The predicted octanol–water partition coefficient (Wildman–Crippen LogP) is 4.75. The molecule has 0 atom stereocenters. The molecule has 2 nitrogen and oxygen atoms in total. The van der Waals surface area contributed by atoms with E-state index in [4.69, 9.17) is 4.98 Å². The van der Waals surface area contributed by atoms with Crippen molar-refractivity contribution in [3.05, 3.63) is 28.1 Å². The van der Waals surface area contributed by atoms with E-state index in [1.165, 1.54) is 40.9 Å². The topological polar surface area (TPSA) is 16.1 Å². The first-order chi connectivity index (χ1) is 9.62. The molecule has 0 saturated heterocycles. The lowest BCUT2D eigenvalue weighted by Gasteiger charge is -2.47. The third-order valence-electron chi connectivity index (χ3n) is 5.28. The Morgan fingerprint density at radius 3 is 2.19 bits per heavy atom. The van der Waals surface area contributed by atoms with Crippen LogP contribution in [0.25, 0.3) is 0 Å². The number of aromatic nitrogens is 1. The Bertz CT molecular complexity index is 521. The molecule has 1 aliphatic rings. The van der Waals surface area contributed by atoms with E-state index in [0.717, 1.165) is 12.6 Å². The standard InChI is InChI=1S/C19H32N2/c1-12(2)18-14(4)13(3)17(15(5)20-18)11-21(8)16-9-19(6,7)10-16/h12,16H,9-11H2,1-8H3. The molecule has 1 fully saturated rings. The molecule has 2 heteroatoms. The average Bonchev–Trinajstić information content (AvgIpc) is 2.35. The first kappa shape index (κ1) is 16.5. The van der Waals surface area contributed by atoms with Crippen LogP contribution in [0, 0.1) is 26.2 Å². The zero-order valence-electron chi connectivity index (χ0n) is 15.2. The van der Waals surface area contributed by atoms with Gasteiger partial charge in [-0.1, -0.05) is 27.7 Å². The fraction of sp³-hybridized carbons (Fsp3) is 0.737. The van der Waals surface area contributed by atoms with E-state index in [1.54, 1.807) is 0 Å². The van der Waals surface area contributed by atoms with Crippen molar-refractivity contribution in [2.45, 2.75) is 79.8 Å². The van der Waals surface area contributed by atoms with Crippen LogP contribution in [-0.2, 0) is 6.54 Å². The van der Waals surface area contributed by atoms with Gasteiger partial charge in [0.15, 0.2) is 0 Å². The molecule has 1 saturated carbocycles. The fourth-order valence-corrected chi connectivity index (χ4v) is 3.72. The second-order valence-electron chi connectivity index (χ2n) is 8.11. The van der Waals surface area contributed by atoms with Crippen molar-refractivity contribution in [1.29, 1.82) is 0 Å². The third kappa shape index (κ3) is 3.31. The van der Waals surface area contributed by atoms with E-state index >= 15 is 0 Å². The zero-order valence-corrected chi connectivity index (χ0v) is 15.2. The van der Waals surface area contributed by atoms with Crippen LogP contribution in [0.1, 0.15) is 74.5 Å². The molecule has 1 heterocycles. The number of nitrogens with zero attached hydrogens (tertiary/aromatic N) is 2. The van der Waals surface area contributed by atoms with Crippen LogP contribution in [0.4, 0.5) is 0 Å². The lowest BCUT2D eigenvalue weighted by Crippen LogP contribution is -2.46. The molecule has 0 unspecified atom stereocenters. The summed E-state index contributed by atoms with van der Waals surface area (Å²) in [6.45, 7) is 16.9. The summed E-state index contributed by atoms with van der Waals surface area (Å²) < 4.78 is 0. The molecular formula is C19H32N2. The summed E-state index contributed by atoms with van der Waals surface area (Å²) in [6, 6.07) is 0.740. The van der Waals surface area contributed by atoms with Gasteiger partial charge in [-0.15, -0.1) is 0 Å². The Hall–Kier alpha value is -0.890. The zero-order chi connectivity index (χ0) is 15.9. The summed E-state index contributed by atoms with van der Waals surface area (Å²) in [4.78, 5) is 7.42. The van der Waals surface area contributed by atoms with E-state index in [9.17, 15) is 0 Å². The van der Waals surface area contributed by atoms with Crippen molar-refractivity contribution in [2.24, 2.45) is 5.41 Å². The Labute approximate surface area is 131 Å². The number of pyridine rings is 1. The second-order valence-corrected chi connectivity index (χ2v) is 8.11. The molecule has 0 amide bonds. The first-order valence-electron chi connectivity index (χ1n) is 8.29. The molecule has 1 aliphatic carbocycles. The lowest BCUT2D eigenvalue weighted by molar-refractivity contribution is 0.0371. The average molecular weight is 288 g/mol. The van der Waals surface area contributed by atoms with Crippen molar-refractivity contribution in [2.75, 3.05) is 7.05 Å². The molecular weight excluding hydrogens is 256 g/mol. The van der Waals surface area contributed by atoms with Crippen LogP contribution in [0.15, 0.2) is 0 Å². The highest BCUT2D eigenvalue weighted by molar-refractivity contribution is 5.39. The minimum absolute atomic E-state index is 0.501. The van der Waals surface area contributed by atoms with Gasteiger partial charge in [-0.05, 0) is 68.7 Å². The van der Waals surface area contributed by atoms with Crippen LogP contribution in [-0.4, -0.2) is 23.0 Å². The van der Waals surface area contributed by atoms with Gasteiger partial charge in [-0.3, -0.25) is 9.88 Å².